The Bertz CT molecular complexity index is 619. The molecule has 2 aromatic rings. The van der Waals surface area contributed by atoms with Gasteiger partial charge in [0.2, 0.25) is 0 Å². The maximum Gasteiger partial charge on any atom is 0.251 e. The molecule has 1 amide bonds. The summed E-state index contributed by atoms with van der Waals surface area (Å²) >= 11 is 0. The van der Waals surface area contributed by atoms with Crippen LogP contribution < -0.4 is 11.1 Å². The SMILES string of the molecule is Cc1nn(C)cc1CNC(=O)c1ccc(N)c(O)c1. The van der Waals surface area contributed by atoms with Crippen molar-refractivity contribution in [1.29, 1.82) is 0 Å². The average Bonchev–Trinajstić information content (AvgIpc) is 2.68. The number of aromatic nitrogens is 2. The molecule has 0 fully saturated rings. The van der Waals surface area contributed by atoms with Gasteiger partial charge in [-0.2, -0.15) is 5.10 Å². The molecule has 4 N–H and O–H groups in total. The molecule has 100 valence electrons. The number of nitrogen functional groups attached to an aromatic ring is 1. The van der Waals surface area contributed by atoms with Crippen molar-refractivity contribution in [3.8, 4) is 5.75 Å². The average molecular weight is 260 g/mol. The van der Waals surface area contributed by atoms with Crippen LogP contribution in [-0.4, -0.2) is 20.8 Å². The van der Waals surface area contributed by atoms with Crippen molar-refractivity contribution >= 4 is 11.6 Å². The monoisotopic (exact) mass is 260 g/mol. The molecule has 0 saturated carbocycles. The number of rotatable bonds is 3. The number of aryl methyl sites for hydroxylation is 2. The van der Waals surface area contributed by atoms with Crippen LogP contribution in [0.3, 0.4) is 0 Å². The van der Waals surface area contributed by atoms with E-state index in [2.05, 4.69) is 10.4 Å². The number of anilines is 1. The van der Waals surface area contributed by atoms with Gasteiger partial charge in [-0.3, -0.25) is 9.48 Å². The van der Waals surface area contributed by atoms with Crippen molar-refractivity contribution < 1.29 is 9.90 Å². The van der Waals surface area contributed by atoms with Gasteiger partial charge in [0, 0.05) is 30.9 Å². The molecule has 6 heteroatoms. The standard InChI is InChI=1S/C13H16N4O2/c1-8-10(7-17(2)16-8)6-15-13(19)9-3-4-11(14)12(18)5-9/h3-5,7,18H,6,14H2,1-2H3,(H,15,19). The van der Waals surface area contributed by atoms with E-state index in [0.717, 1.165) is 11.3 Å². The molecule has 2 rings (SSSR count). The molecule has 0 radical (unpaired) electrons. The largest absolute Gasteiger partial charge is 0.506 e. The lowest BCUT2D eigenvalue weighted by Crippen LogP contribution is -2.22. The zero-order chi connectivity index (χ0) is 14.0. The minimum atomic E-state index is -0.265. The second kappa shape index (κ2) is 5.01. The van der Waals surface area contributed by atoms with E-state index in [0.29, 0.717) is 12.1 Å². The van der Waals surface area contributed by atoms with Gasteiger partial charge in [-0.25, -0.2) is 0 Å². The summed E-state index contributed by atoms with van der Waals surface area (Å²) in [5, 5.41) is 16.4. The summed E-state index contributed by atoms with van der Waals surface area (Å²) in [5.74, 6) is -0.358. The van der Waals surface area contributed by atoms with Crippen LogP contribution in [-0.2, 0) is 13.6 Å². The van der Waals surface area contributed by atoms with E-state index < -0.39 is 0 Å². The fourth-order valence-corrected chi connectivity index (χ4v) is 1.78. The Morgan fingerprint density at radius 2 is 2.26 bits per heavy atom. The predicted octanol–water partition coefficient (Wildman–Crippen LogP) is 0.946. The molecule has 1 heterocycles. The van der Waals surface area contributed by atoms with Crippen LogP contribution in [0.15, 0.2) is 24.4 Å². The molecule has 0 aliphatic carbocycles. The number of nitrogens with two attached hydrogens (primary N) is 1. The molecule has 0 spiro atoms. The van der Waals surface area contributed by atoms with Crippen LogP contribution in [0.1, 0.15) is 21.6 Å². The number of aromatic hydroxyl groups is 1. The lowest BCUT2D eigenvalue weighted by atomic mass is 10.1. The van der Waals surface area contributed by atoms with Gasteiger partial charge in [-0.05, 0) is 25.1 Å². The topological polar surface area (TPSA) is 93.2 Å². The molecule has 0 bridgehead atoms. The first kappa shape index (κ1) is 12.9. The van der Waals surface area contributed by atoms with Crippen LogP contribution in [0.4, 0.5) is 5.69 Å². The normalized spacial score (nSPS) is 10.4. The van der Waals surface area contributed by atoms with Gasteiger partial charge in [0.25, 0.3) is 5.91 Å². The van der Waals surface area contributed by atoms with Gasteiger partial charge in [-0.1, -0.05) is 0 Å². The summed E-state index contributed by atoms with van der Waals surface area (Å²) < 4.78 is 1.70. The van der Waals surface area contributed by atoms with Gasteiger partial charge in [0.15, 0.2) is 0 Å². The zero-order valence-electron chi connectivity index (χ0n) is 10.8. The Morgan fingerprint density at radius 3 is 2.84 bits per heavy atom. The Hall–Kier alpha value is -2.50. The molecule has 1 aromatic heterocycles. The molecular formula is C13H16N4O2. The third-order valence-corrected chi connectivity index (χ3v) is 2.85. The first-order valence-corrected chi connectivity index (χ1v) is 5.83. The van der Waals surface area contributed by atoms with Gasteiger partial charge in [0.1, 0.15) is 5.75 Å². The van der Waals surface area contributed by atoms with Gasteiger partial charge in [0.05, 0.1) is 11.4 Å². The Morgan fingerprint density at radius 1 is 1.53 bits per heavy atom. The highest BCUT2D eigenvalue weighted by Gasteiger charge is 2.09. The number of hydrogen-bond acceptors (Lipinski definition) is 4. The van der Waals surface area contributed by atoms with E-state index in [1.807, 2.05) is 20.2 Å². The van der Waals surface area contributed by atoms with E-state index >= 15 is 0 Å². The van der Waals surface area contributed by atoms with Crippen LogP contribution in [0.25, 0.3) is 0 Å². The summed E-state index contributed by atoms with van der Waals surface area (Å²) in [6.45, 7) is 2.28. The van der Waals surface area contributed by atoms with E-state index in [1.54, 1.807) is 10.7 Å². The van der Waals surface area contributed by atoms with Crippen molar-refractivity contribution in [2.45, 2.75) is 13.5 Å². The first-order valence-electron chi connectivity index (χ1n) is 5.83. The Kier molecular flexibility index (Phi) is 3.41. The molecule has 0 unspecified atom stereocenters. The molecule has 0 aliphatic heterocycles. The molecule has 0 aliphatic rings. The summed E-state index contributed by atoms with van der Waals surface area (Å²) in [7, 11) is 1.83. The second-order valence-electron chi connectivity index (χ2n) is 4.37. The molecule has 0 saturated heterocycles. The van der Waals surface area contributed by atoms with Crippen molar-refractivity contribution in [2.24, 2.45) is 7.05 Å². The molecule has 0 atom stereocenters. The highest BCUT2D eigenvalue weighted by Crippen LogP contribution is 2.20. The van der Waals surface area contributed by atoms with Crippen molar-refractivity contribution in [1.82, 2.24) is 15.1 Å². The van der Waals surface area contributed by atoms with E-state index in [-0.39, 0.29) is 17.3 Å². The fraction of sp³-hybridized carbons (Fsp3) is 0.231. The number of hydrogen-bond donors (Lipinski definition) is 3. The highest BCUT2D eigenvalue weighted by atomic mass is 16.3. The predicted molar refractivity (Wildman–Crippen MR) is 71.6 cm³/mol. The number of carbonyl (C=O) groups is 1. The Balaban J connectivity index is 2.05. The van der Waals surface area contributed by atoms with E-state index in [4.69, 9.17) is 5.73 Å². The maximum absolute atomic E-state index is 11.9. The van der Waals surface area contributed by atoms with Crippen molar-refractivity contribution in [3.63, 3.8) is 0 Å². The fourth-order valence-electron chi connectivity index (χ4n) is 1.78. The van der Waals surface area contributed by atoms with E-state index in [1.165, 1.54) is 12.1 Å². The van der Waals surface area contributed by atoms with Gasteiger partial charge < -0.3 is 16.2 Å². The smallest absolute Gasteiger partial charge is 0.251 e. The van der Waals surface area contributed by atoms with Crippen LogP contribution >= 0.6 is 0 Å². The zero-order valence-corrected chi connectivity index (χ0v) is 10.8. The minimum Gasteiger partial charge on any atom is -0.506 e. The van der Waals surface area contributed by atoms with Crippen LogP contribution in [0.5, 0.6) is 5.75 Å². The third kappa shape index (κ3) is 2.85. The first-order chi connectivity index (χ1) is 8.97. The van der Waals surface area contributed by atoms with Crippen molar-refractivity contribution in [3.05, 3.63) is 41.2 Å². The molecule has 19 heavy (non-hydrogen) atoms. The lowest BCUT2D eigenvalue weighted by Gasteiger charge is -2.06. The van der Waals surface area contributed by atoms with Gasteiger partial charge in [-0.15, -0.1) is 0 Å². The quantitative estimate of drug-likeness (QED) is 0.565. The number of benzene rings is 1. The maximum atomic E-state index is 11.9. The lowest BCUT2D eigenvalue weighted by molar-refractivity contribution is 0.0950. The number of nitrogens with one attached hydrogen (secondary N) is 1. The summed E-state index contributed by atoms with van der Waals surface area (Å²) in [6, 6.07) is 4.42. The number of nitrogens with zero attached hydrogens (tertiary/aromatic N) is 2. The number of phenols is 1. The summed E-state index contributed by atoms with van der Waals surface area (Å²) in [4.78, 5) is 11.9. The van der Waals surface area contributed by atoms with Crippen molar-refractivity contribution in [2.75, 3.05) is 5.73 Å². The molecular weight excluding hydrogens is 244 g/mol. The summed E-state index contributed by atoms with van der Waals surface area (Å²) in [5.41, 5.74) is 7.93. The number of carbonyl (C=O) groups excluding carboxylic acids is 1. The minimum absolute atomic E-state index is 0.0924. The molecule has 1 aromatic carbocycles. The third-order valence-electron chi connectivity index (χ3n) is 2.85. The van der Waals surface area contributed by atoms with Crippen LogP contribution in [0.2, 0.25) is 0 Å². The summed E-state index contributed by atoms with van der Waals surface area (Å²) in [6.07, 6.45) is 1.86. The highest BCUT2D eigenvalue weighted by molar-refractivity contribution is 5.95. The second-order valence-corrected chi connectivity index (χ2v) is 4.37. The van der Waals surface area contributed by atoms with Gasteiger partial charge >= 0.3 is 0 Å². The number of amides is 1. The Labute approximate surface area is 110 Å². The molecule has 6 nitrogen and oxygen atoms in total. The van der Waals surface area contributed by atoms with E-state index in [9.17, 15) is 9.90 Å². The van der Waals surface area contributed by atoms with Crippen LogP contribution in [0, 0.1) is 6.92 Å². The number of phenolic OH excluding ortho intramolecular Hbond substituents is 1.